The molecule has 1 aliphatic rings. The monoisotopic (exact) mass is 429 g/mol. The summed E-state index contributed by atoms with van der Waals surface area (Å²) in [6.07, 6.45) is -1.67. The topological polar surface area (TPSA) is 62.3 Å². The van der Waals surface area contributed by atoms with Crippen molar-refractivity contribution in [2.24, 2.45) is 0 Å². The molecule has 29 heavy (non-hydrogen) atoms. The van der Waals surface area contributed by atoms with E-state index in [0.717, 1.165) is 38.0 Å². The average molecular weight is 430 g/mol. The van der Waals surface area contributed by atoms with E-state index in [1.165, 1.54) is 18.2 Å². The molecule has 1 heterocycles. The Balaban J connectivity index is 1.71. The molecular weight excluding hydrogens is 407 g/mol. The molecular formula is C19H23ClF3N5O. The van der Waals surface area contributed by atoms with Crippen LogP contribution in [0.2, 0.25) is 5.02 Å². The Morgan fingerprint density at radius 2 is 1.97 bits per heavy atom. The zero-order chi connectivity index (χ0) is 21.0. The molecule has 158 valence electrons. The Morgan fingerprint density at radius 1 is 1.21 bits per heavy atom. The number of alkyl halides is 3. The summed E-state index contributed by atoms with van der Waals surface area (Å²) in [5.74, 6) is 1.05. The van der Waals surface area contributed by atoms with E-state index in [0.29, 0.717) is 23.4 Å². The van der Waals surface area contributed by atoms with Gasteiger partial charge >= 0.3 is 6.36 Å². The van der Waals surface area contributed by atoms with Gasteiger partial charge in [0.1, 0.15) is 11.6 Å². The summed E-state index contributed by atoms with van der Waals surface area (Å²) in [5.41, 5.74) is 1.45. The number of nitrogens with zero attached hydrogens (tertiary/aromatic N) is 3. The van der Waals surface area contributed by atoms with Crippen LogP contribution in [-0.4, -0.2) is 48.4 Å². The molecule has 1 fully saturated rings. The van der Waals surface area contributed by atoms with Gasteiger partial charge in [0.15, 0.2) is 0 Å². The molecule has 1 aromatic heterocycles. The van der Waals surface area contributed by atoms with Crippen molar-refractivity contribution in [1.29, 1.82) is 0 Å². The van der Waals surface area contributed by atoms with Crippen LogP contribution < -0.4 is 15.4 Å². The second kappa shape index (κ2) is 9.04. The van der Waals surface area contributed by atoms with Crippen molar-refractivity contribution in [1.82, 2.24) is 14.9 Å². The number of anilines is 3. The first-order valence-electron chi connectivity index (χ1n) is 9.29. The molecule has 6 nitrogen and oxygen atoms in total. The van der Waals surface area contributed by atoms with Crippen LogP contribution in [0.1, 0.15) is 30.9 Å². The molecule has 1 saturated carbocycles. The minimum atomic E-state index is -4.79. The molecule has 0 bridgehead atoms. The highest BCUT2D eigenvalue weighted by Crippen LogP contribution is 2.40. The molecule has 10 heteroatoms. The Hall–Kier alpha value is -2.26. The Morgan fingerprint density at radius 3 is 2.59 bits per heavy atom. The first-order chi connectivity index (χ1) is 13.7. The maximum absolute atomic E-state index is 12.4. The molecule has 1 aliphatic carbocycles. The largest absolute Gasteiger partial charge is 0.573 e. The third-order valence-corrected chi connectivity index (χ3v) is 4.53. The highest BCUT2D eigenvalue weighted by atomic mass is 35.5. The number of rotatable bonds is 9. The lowest BCUT2D eigenvalue weighted by Crippen LogP contribution is -2.17. The highest BCUT2D eigenvalue weighted by Gasteiger charge is 2.32. The second-order valence-electron chi connectivity index (χ2n) is 7.18. The van der Waals surface area contributed by atoms with Crippen molar-refractivity contribution < 1.29 is 17.9 Å². The third-order valence-electron chi connectivity index (χ3n) is 4.24. The molecule has 0 radical (unpaired) electrons. The molecule has 0 saturated heterocycles. The van der Waals surface area contributed by atoms with E-state index in [9.17, 15) is 13.2 Å². The van der Waals surface area contributed by atoms with E-state index >= 15 is 0 Å². The van der Waals surface area contributed by atoms with Gasteiger partial charge in [-0.25, -0.2) is 4.98 Å². The lowest BCUT2D eigenvalue weighted by molar-refractivity contribution is -0.274. The van der Waals surface area contributed by atoms with Crippen LogP contribution in [0.5, 0.6) is 5.75 Å². The molecule has 3 rings (SSSR count). The van der Waals surface area contributed by atoms with E-state index in [4.69, 9.17) is 11.6 Å². The van der Waals surface area contributed by atoms with Gasteiger partial charge in [0, 0.05) is 24.2 Å². The number of hydrogen-bond acceptors (Lipinski definition) is 6. The summed E-state index contributed by atoms with van der Waals surface area (Å²) in [6, 6.07) is 5.85. The summed E-state index contributed by atoms with van der Waals surface area (Å²) in [7, 11) is 4.03. The summed E-state index contributed by atoms with van der Waals surface area (Å²) in [4.78, 5) is 11.1. The van der Waals surface area contributed by atoms with E-state index in [-0.39, 0.29) is 5.02 Å². The molecule has 2 aromatic rings. The van der Waals surface area contributed by atoms with Crippen LogP contribution in [0.15, 0.2) is 24.3 Å². The standard InChI is InChI=1S/C19H23ClF3N5O/c1-28(2)9-3-8-24-18-26-15(12-4-5-12)11-17(27-18)25-13-6-7-16(14(20)10-13)29-19(21,22)23/h6-7,10-12H,3-5,8-9H2,1-2H3,(H2,24,25,26,27). The van der Waals surface area contributed by atoms with Crippen LogP contribution in [0.25, 0.3) is 0 Å². The quantitative estimate of drug-likeness (QED) is 0.546. The molecule has 0 spiro atoms. The Kier molecular flexibility index (Phi) is 6.69. The SMILES string of the molecule is CN(C)CCCNc1nc(Nc2ccc(OC(F)(F)F)c(Cl)c2)cc(C2CC2)n1. The van der Waals surface area contributed by atoms with Crippen LogP contribution in [-0.2, 0) is 0 Å². The van der Waals surface area contributed by atoms with Crippen molar-refractivity contribution >= 4 is 29.1 Å². The fourth-order valence-corrected chi connectivity index (χ4v) is 2.95. The second-order valence-corrected chi connectivity index (χ2v) is 7.58. The normalized spacial score (nSPS) is 14.2. The van der Waals surface area contributed by atoms with Crippen molar-refractivity contribution in [3.8, 4) is 5.75 Å². The number of nitrogens with one attached hydrogen (secondary N) is 2. The van der Waals surface area contributed by atoms with Gasteiger partial charge in [0.2, 0.25) is 5.95 Å². The Labute approximate surface area is 172 Å². The molecule has 1 aromatic carbocycles. The summed E-state index contributed by atoms with van der Waals surface area (Å²) in [5, 5.41) is 6.17. The lowest BCUT2D eigenvalue weighted by atomic mass is 10.2. The van der Waals surface area contributed by atoms with E-state index in [2.05, 4.69) is 30.2 Å². The first-order valence-corrected chi connectivity index (χ1v) is 9.67. The van der Waals surface area contributed by atoms with Crippen molar-refractivity contribution in [3.05, 3.63) is 35.0 Å². The minimum Gasteiger partial charge on any atom is -0.404 e. The maximum atomic E-state index is 12.4. The van der Waals surface area contributed by atoms with Crippen LogP contribution >= 0.6 is 11.6 Å². The number of ether oxygens (including phenoxy) is 1. The van der Waals surface area contributed by atoms with E-state index in [1.54, 1.807) is 0 Å². The lowest BCUT2D eigenvalue weighted by Gasteiger charge is -2.14. The highest BCUT2D eigenvalue weighted by molar-refractivity contribution is 6.32. The van der Waals surface area contributed by atoms with Gasteiger partial charge in [-0.05, 0) is 58.1 Å². The number of halogens is 4. The molecule has 0 unspecified atom stereocenters. The number of aromatic nitrogens is 2. The summed E-state index contributed by atoms with van der Waals surface area (Å²) < 4.78 is 41.1. The fraction of sp³-hybridized carbons (Fsp3) is 0.474. The first kappa shape index (κ1) is 21.4. The third kappa shape index (κ3) is 6.93. The summed E-state index contributed by atoms with van der Waals surface area (Å²) >= 11 is 5.92. The van der Waals surface area contributed by atoms with Crippen molar-refractivity contribution in [3.63, 3.8) is 0 Å². The minimum absolute atomic E-state index is 0.147. The van der Waals surface area contributed by atoms with Crippen LogP contribution in [0, 0.1) is 0 Å². The van der Waals surface area contributed by atoms with Gasteiger partial charge in [-0.1, -0.05) is 11.6 Å². The molecule has 0 atom stereocenters. The van der Waals surface area contributed by atoms with Gasteiger partial charge in [-0.2, -0.15) is 4.98 Å². The average Bonchev–Trinajstić information content (AvgIpc) is 3.45. The van der Waals surface area contributed by atoms with Gasteiger partial charge in [-0.3, -0.25) is 0 Å². The molecule has 0 aliphatic heterocycles. The number of hydrogen-bond donors (Lipinski definition) is 2. The molecule has 0 amide bonds. The van der Waals surface area contributed by atoms with Crippen LogP contribution in [0.4, 0.5) is 30.6 Å². The predicted molar refractivity (Wildman–Crippen MR) is 107 cm³/mol. The Bertz CT molecular complexity index is 843. The van der Waals surface area contributed by atoms with E-state index < -0.39 is 12.1 Å². The van der Waals surface area contributed by atoms with Gasteiger partial charge in [-0.15, -0.1) is 13.2 Å². The fourth-order valence-electron chi connectivity index (χ4n) is 2.73. The van der Waals surface area contributed by atoms with Crippen LogP contribution in [0.3, 0.4) is 0 Å². The van der Waals surface area contributed by atoms with Gasteiger partial charge < -0.3 is 20.3 Å². The smallest absolute Gasteiger partial charge is 0.404 e. The van der Waals surface area contributed by atoms with Gasteiger partial charge in [0.05, 0.1) is 10.7 Å². The molecule has 2 N–H and O–H groups in total. The van der Waals surface area contributed by atoms with Crippen molar-refractivity contribution in [2.75, 3.05) is 37.8 Å². The van der Waals surface area contributed by atoms with E-state index in [1.807, 2.05) is 20.2 Å². The zero-order valence-electron chi connectivity index (χ0n) is 16.2. The maximum Gasteiger partial charge on any atom is 0.573 e. The number of benzene rings is 1. The zero-order valence-corrected chi connectivity index (χ0v) is 16.9. The van der Waals surface area contributed by atoms with Gasteiger partial charge in [0.25, 0.3) is 0 Å². The predicted octanol–water partition coefficient (Wildman–Crippen LogP) is 5.01. The van der Waals surface area contributed by atoms with Crippen molar-refractivity contribution in [2.45, 2.75) is 31.5 Å². The summed E-state index contributed by atoms with van der Waals surface area (Å²) in [6.45, 7) is 1.69.